The number of nitrogens with one attached hydrogen (secondary N) is 1. The first kappa shape index (κ1) is 22.1. The average molecular weight is 428 g/mol. The molecule has 1 unspecified atom stereocenters. The molecule has 1 aromatic carbocycles. The second-order valence-electron chi connectivity index (χ2n) is 8.05. The van der Waals surface area contributed by atoms with Gasteiger partial charge in [0.05, 0.1) is 24.1 Å². The lowest BCUT2D eigenvalue weighted by molar-refractivity contribution is 0.0578. The van der Waals surface area contributed by atoms with Crippen molar-refractivity contribution in [3.8, 4) is 6.07 Å². The third kappa shape index (κ3) is 4.77. The number of carboxylic acid groups (broad SMARTS) is 1. The summed E-state index contributed by atoms with van der Waals surface area (Å²) in [6.45, 7) is 4.20. The molecule has 10 heteroatoms. The molecule has 1 aliphatic heterocycles. The molecule has 0 saturated carbocycles. The number of nitriles is 1. The highest BCUT2D eigenvalue weighted by Crippen LogP contribution is 2.36. The SMILES string of the molecule is CC(C)CC1[C@@H](C#N)[C@H](n2cc(C(N)=O)c(Nc3ccc(F)cc3)n2)CCN1C(=O)O. The van der Waals surface area contributed by atoms with Gasteiger partial charge in [-0.2, -0.15) is 10.4 Å². The van der Waals surface area contributed by atoms with Crippen LogP contribution in [0.25, 0.3) is 0 Å². The van der Waals surface area contributed by atoms with Crippen LogP contribution in [0, 0.1) is 29.0 Å². The number of piperidine rings is 1. The monoisotopic (exact) mass is 428 g/mol. The van der Waals surface area contributed by atoms with Gasteiger partial charge in [0, 0.05) is 18.4 Å². The maximum atomic E-state index is 13.2. The quantitative estimate of drug-likeness (QED) is 0.645. The van der Waals surface area contributed by atoms with Gasteiger partial charge in [0.25, 0.3) is 5.91 Å². The van der Waals surface area contributed by atoms with E-state index < -0.39 is 35.8 Å². The Labute approximate surface area is 179 Å². The molecule has 0 radical (unpaired) electrons. The van der Waals surface area contributed by atoms with Crippen molar-refractivity contribution < 1.29 is 19.1 Å². The van der Waals surface area contributed by atoms with Crippen molar-refractivity contribution in [2.45, 2.75) is 38.8 Å². The van der Waals surface area contributed by atoms with Crippen LogP contribution in [0.5, 0.6) is 0 Å². The van der Waals surface area contributed by atoms with Crippen LogP contribution in [0.2, 0.25) is 0 Å². The van der Waals surface area contributed by atoms with Gasteiger partial charge in [-0.3, -0.25) is 9.48 Å². The zero-order valence-corrected chi connectivity index (χ0v) is 17.3. The molecular weight excluding hydrogens is 403 g/mol. The van der Waals surface area contributed by atoms with Gasteiger partial charge in [-0.05, 0) is 43.0 Å². The fourth-order valence-electron chi connectivity index (χ4n) is 4.03. The van der Waals surface area contributed by atoms with Gasteiger partial charge in [0.15, 0.2) is 5.82 Å². The predicted molar refractivity (Wildman–Crippen MR) is 111 cm³/mol. The van der Waals surface area contributed by atoms with Crippen LogP contribution in [-0.2, 0) is 0 Å². The molecular formula is C21H25FN6O3. The van der Waals surface area contributed by atoms with Crippen molar-refractivity contribution in [1.82, 2.24) is 14.7 Å². The van der Waals surface area contributed by atoms with Crippen molar-refractivity contribution in [2.24, 2.45) is 17.6 Å². The van der Waals surface area contributed by atoms with E-state index in [0.29, 0.717) is 18.5 Å². The minimum Gasteiger partial charge on any atom is -0.465 e. The summed E-state index contributed by atoms with van der Waals surface area (Å²) in [7, 11) is 0. The number of hydrogen-bond donors (Lipinski definition) is 3. The van der Waals surface area contributed by atoms with E-state index >= 15 is 0 Å². The normalized spacial score (nSPS) is 21.0. The Balaban J connectivity index is 1.95. The maximum Gasteiger partial charge on any atom is 0.407 e. The molecule has 164 valence electrons. The molecule has 2 aromatic rings. The van der Waals surface area contributed by atoms with E-state index in [1.165, 1.54) is 40.0 Å². The molecule has 31 heavy (non-hydrogen) atoms. The van der Waals surface area contributed by atoms with Crippen LogP contribution in [0.4, 0.5) is 20.7 Å². The van der Waals surface area contributed by atoms with Gasteiger partial charge in [0.1, 0.15) is 11.4 Å². The van der Waals surface area contributed by atoms with E-state index in [4.69, 9.17) is 5.73 Å². The summed E-state index contributed by atoms with van der Waals surface area (Å²) in [6, 6.07) is 6.89. The number of likely N-dealkylation sites (tertiary alicyclic amines) is 1. The second-order valence-corrected chi connectivity index (χ2v) is 8.05. The number of hydrogen-bond acceptors (Lipinski definition) is 5. The number of nitrogens with two attached hydrogens (primary N) is 1. The Hall–Kier alpha value is -3.61. The number of amides is 2. The third-order valence-electron chi connectivity index (χ3n) is 5.45. The first-order valence-electron chi connectivity index (χ1n) is 10.0. The summed E-state index contributed by atoms with van der Waals surface area (Å²) in [5, 5.41) is 26.9. The Kier molecular flexibility index (Phi) is 6.44. The van der Waals surface area contributed by atoms with Crippen LogP contribution >= 0.6 is 0 Å². The number of nitrogens with zero attached hydrogens (tertiary/aromatic N) is 4. The topological polar surface area (TPSA) is 137 Å². The zero-order valence-electron chi connectivity index (χ0n) is 17.3. The van der Waals surface area contributed by atoms with Gasteiger partial charge in [0.2, 0.25) is 0 Å². The standard InChI is InChI=1S/C21H25FN6O3/c1-12(2)9-18-15(10-23)17(7-8-27(18)21(30)31)28-11-16(19(24)29)20(26-28)25-14-5-3-13(22)4-6-14/h3-6,11-12,15,17-18H,7-9H2,1-2H3,(H2,24,29)(H,25,26)(H,30,31)/t15-,17+,18?/m0/s1. The Morgan fingerprint density at radius 3 is 2.61 bits per heavy atom. The number of benzene rings is 1. The van der Waals surface area contributed by atoms with Gasteiger partial charge < -0.3 is 21.1 Å². The van der Waals surface area contributed by atoms with E-state index in [2.05, 4.69) is 16.5 Å². The summed E-state index contributed by atoms with van der Waals surface area (Å²) in [6.07, 6.45) is 1.33. The highest BCUT2D eigenvalue weighted by atomic mass is 19.1. The summed E-state index contributed by atoms with van der Waals surface area (Å²) in [5.74, 6) is -1.37. The third-order valence-corrected chi connectivity index (χ3v) is 5.45. The van der Waals surface area contributed by atoms with Crippen LogP contribution in [0.15, 0.2) is 30.5 Å². The van der Waals surface area contributed by atoms with Crippen molar-refractivity contribution in [3.05, 3.63) is 41.8 Å². The van der Waals surface area contributed by atoms with Gasteiger partial charge in [-0.1, -0.05) is 13.8 Å². The van der Waals surface area contributed by atoms with Crippen LogP contribution in [0.1, 0.15) is 43.1 Å². The number of primary amides is 1. The Morgan fingerprint density at radius 2 is 2.06 bits per heavy atom. The largest absolute Gasteiger partial charge is 0.465 e. The van der Waals surface area contributed by atoms with Crippen LogP contribution in [0.3, 0.4) is 0 Å². The van der Waals surface area contributed by atoms with Crippen LogP contribution < -0.4 is 11.1 Å². The molecule has 1 saturated heterocycles. The molecule has 3 atom stereocenters. The zero-order chi connectivity index (χ0) is 22.7. The van der Waals surface area contributed by atoms with E-state index in [1.54, 1.807) is 0 Å². The van der Waals surface area contributed by atoms with E-state index in [1.807, 2.05) is 13.8 Å². The van der Waals surface area contributed by atoms with Gasteiger partial charge in [-0.15, -0.1) is 0 Å². The minimum absolute atomic E-state index is 0.127. The van der Waals surface area contributed by atoms with E-state index in [0.717, 1.165) is 0 Å². The lowest BCUT2D eigenvalue weighted by Crippen LogP contribution is -2.51. The fraction of sp³-hybridized carbons (Fsp3) is 0.429. The maximum absolute atomic E-state index is 13.2. The molecule has 0 bridgehead atoms. The molecule has 2 amide bonds. The minimum atomic E-state index is -1.05. The molecule has 0 spiro atoms. The Morgan fingerprint density at radius 1 is 1.39 bits per heavy atom. The number of carbonyl (C=O) groups excluding carboxylic acids is 1. The van der Waals surface area contributed by atoms with Crippen molar-refractivity contribution in [1.29, 1.82) is 5.26 Å². The average Bonchev–Trinajstić information content (AvgIpc) is 3.12. The number of halogens is 1. The van der Waals surface area contributed by atoms with E-state index in [9.17, 15) is 24.3 Å². The number of aromatic nitrogens is 2. The smallest absolute Gasteiger partial charge is 0.407 e. The molecule has 2 heterocycles. The van der Waals surface area contributed by atoms with Gasteiger partial charge in [-0.25, -0.2) is 9.18 Å². The number of carbonyl (C=O) groups is 2. The number of rotatable bonds is 6. The van der Waals surface area contributed by atoms with Crippen molar-refractivity contribution in [2.75, 3.05) is 11.9 Å². The summed E-state index contributed by atoms with van der Waals surface area (Å²) in [5.41, 5.74) is 6.16. The molecule has 4 N–H and O–H groups in total. The van der Waals surface area contributed by atoms with Gasteiger partial charge >= 0.3 is 6.09 Å². The highest BCUT2D eigenvalue weighted by Gasteiger charge is 2.42. The van der Waals surface area contributed by atoms with E-state index in [-0.39, 0.29) is 23.8 Å². The highest BCUT2D eigenvalue weighted by molar-refractivity contribution is 5.98. The first-order chi connectivity index (χ1) is 14.7. The molecule has 1 aliphatic rings. The second kappa shape index (κ2) is 9.04. The first-order valence-corrected chi connectivity index (χ1v) is 10.0. The Bertz CT molecular complexity index is 998. The summed E-state index contributed by atoms with van der Waals surface area (Å²) in [4.78, 5) is 25.0. The molecule has 1 aromatic heterocycles. The van der Waals surface area contributed by atoms with Crippen molar-refractivity contribution >= 4 is 23.5 Å². The lowest BCUT2D eigenvalue weighted by atomic mass is 9.82. The fourth-order valence-corrected chi connectivity index (χ4v) is 4.03. The van der Waals surface area contributed by atoms with Crippen molar-refractivity contribution in [3.63, 3.8) is 0 Å². The molecule has 9 nitrogen and oxygen atoms in total. The molecule has 3 rings (SSSR count). The predicted octanol–water partition coefficient (Wildman–Crippen LogP) is 3.34. The molecule has 1 fully saturated rings. The summed E-state index contributed by atoms with van der Waals surface area (Å²) >= 11 is 0. The van der Waals surface area contributed by atoms with Crippen LogP contribution in [-0.4, -0.2) is 44.4 Å². The molecule has 0 aliphatic carbocycles. The summed E-state index contributed by atoms with van der Waals surface area (Å²) < 4.78 is 14.7. The number of anilines is 2. The lowest BCUT2D eigenvalue weighted by Gasteiger charge is -2.42.